The summed E-state index contributed by atoms with van der Waals surface area (Å²) in [6, 6.07) is 13.2. The number of hydrogen-bond acceptors (Lipinski definition) is 3. The van der Waals surface area contributed by atoms with Crippen molar-refractivity contribution >= 4 is 23.2 Å². The first kappa shape index (κ1) is 16.1. The number of hydrogen-bond donors (Lipinski definition) is 2. The number of benzene rings is 2. The molecule has 0 aromatic heterocycles. The van der Waals surface area contributed by atoms with E-state index in [2.05, 4.69) is 17.6 Å². The van der Waals surface area contributed by atoms with Gasteiger partial charge < -0.3 is 15.4 Å². The summed E-state index contributed by atoms with van der Waals surface area (Å²) in [5.74, 6) is 0.0375. The third-order valence-electron chi connectivity index (χ3n) is 3.94. The molecule has 3 rings (SSSR count). The Balaban J connectivity index is 1.66. The van der Waals surface area contributed by atoms with Gasteiger partial charge in [-0.1, -0.05) is 25.1 Å². The largest absolute Gasteiger partial charge is 0.478 e. The summed E-state index contributed by atoms with van der Waals surface area (Å²) in [4.78, 5) is 24.4. The van der Waals surface area contributed by atoms with E-state index in [9.17, 15) is 9.59 Å². The smallest absolute Gasteiger partial charge is 0.266 e. The lowest BCUT2D eigenvalue weighted by Gasteiger charge is -2.25. The predicted octanol–water partition coefficient (Wildman–Crippen LogP) is 3.29. The highest BCUT2D eigenvalue weighted by molar-refractivity contribution is 6.02. The summed E-state index contributed by atoms with van der Waals surface area (Å²) < 4.78 is 5.68. The molecule has 2 aromatic carbocycles. The average Bonchev–Trinajstić information content (AvgIpc) is 2.56. The molecular formula is C19H20N2O3. The van der Waals surface area contributed by atoms with Gasteiger partial charge in [-0.25, -0.2) is 0 Å². The molecule has 5 nitrogen and oxygen atoms in total. The highest BCUT2D eigenvalue weighted by atomic mass is 16.5. The molecule has 0 spiro atoms. The second-order valence-corrected chi connectivity index (χ2v) is 5.90. The van der Waals surface area contributed by atoms with Gasteiger partial charge in [0.25, 0.3) is 5.91 Å². The Morgan fingerprint density at radius 3 is 2.88 bits per heavy atom. The second-order valence-electron chi connectivity index (χ2n) is 5.90. The fourth-order valence-corrected chi connectivity index (χ4v) is 2.65. The third kappa shape index (κ3) is 3.56. The molecule has 0 fully saturated rings. The van der Waals surface area contributed by atoms with Gasteiger partial charge in [0, 0.05) is 5.69 Å². The van der Waals surface area contributed by atoms with Gasteiger partial charge in [0.1, 0.15) is 5.75 Å². The Hall–Kier alpha value is -2.82. The molecule has 5 heteroatoms. The highest BCUT2D eigenvalue weighted by Gasteiger charge is 2.29. The number of nitrogens with one attached hydrogen (secondary N) is 2. The molecule has 1 heterocycles. The van der Waals surface area contributed by atoms with Crippen LogP contribution in [0.5, 0.6) is 5.75 Å². The number of rotatable bonds is 4. The molecule has 24 heavy (non-hydrogen) atoms. The standard InChI is InChI=1S/C19H20N2O3/c1-3-13-5-4-6-14(10-13)20-18(22)11-17-19(23)21-15-9-12(2)7-8-16(15)24-17/h4-10,17H,3,11H2,1-2H3,(H,20,22)(H,21,23)/t17-/m1/s1. The molecular weight excluding hydrogens is 304 g/mol. The summed E-state index contributed by atoms with van der Waals surface area (Å²) in [7, 11) is 0. The maximum atomic E-state index is 12.2. The number of carbonyl (C=O) groups excluding carboxylic acids is 2. The molecule has 0 bridgehead atoms. The minimum atomic E-state index is -0.824. The van der Waals surface area contributed by atoms with Crippen molar-refractivity contribution in [1.29, 1.82) is 0 Å². The van der Waals surface area contributed by atoms with Crippen molar-refractivity contribution in [2.45, 2.75) is 32.8 Å². The Labute approximate surface area is 141 Å². The maximum absolute atomic E-state index is 12.2. The van der Waals surface area contributed by atoms with Crippen LogP contribution in [0.25, 0.3) is 0 Å². The lowest BCUT2D eigenvalue weighted by Crippen LogP contribution is -2.39. The van der Waals surface area contributed by atoms with Crippen molar-refractivity contribution < 1.29 is 14.3 Å². The third-order valence-corrected chi connectivity index (χ3v) is 3.94. The van der Waals surface area contributed by atoms with Gasteiger partial charge in [-0.15, -0.1) is 0 Å². The topological polar surface area (TPSA) is 67.4 Å². The van der Waals surface area contributed by atoms with Crippen molar-refractivity contribution in [2.75, 3.05) is 10.6 Å². The maximum Gasteiger partial charge on any atom is 0.266 e. The zero-order chi connectivity index (χ0) is 17.1. The average molecular weight is 324 g/mol. The quantitative estimate of drug-likeness (QED) is 0.907. The van der Waals surface area contributed by atoms with E-state index >= 15 is 0 Å². The zero-order valence-electron chi connectivity index (χ0n) is 13.8. The van der Waals surface area contributed by atoms with Crippen molar-refractivity contribution in [2.24, 2.45) is 0 Å². The summed E-state index contributed by atoms with van der Waals surface area (Å²) in [5.41, 5.74) is 3.55. The summed E-state index contributed by atoms with van der Waals surface area (Å²) in [5, 5.41) is 5.61. The molecule has 0 unspecified atom stereocenters. The number of carbonyl (C=O) groups is 2. The first-order chi connectivity index (χ1) is 11.5. The van der Waals surface area contributed by atoms with Crippen molar-refractivity contribution in [1.82, 2.24) is 0 Å². The van der Waals surface area contributed by atoms with Gasteiger partial charge in [-0.05, 0) is 48.7 Å². The zero-order valence-corrected chi connectivity index (χ0v) is 13.8. The monoisotopic (exact) mass is 324 g/mol. The summed E-state index contributed by atoms with van der Waals surface area (Å²) in [6.45, 7) is 4.00. The summed E-state index contributed by atoms with van der Waals surface area (Å²) in [6.07, 6.45) is 0.0402. The van der Waals surface area contributed by atoms with Gasteiger partial charge in [-0.2, -0.15) is 0 Å². The fraction of sp³-hybridized carbons (Fsp3) is 0.263. The molecule has 1 atom stereocenters. The first-order valence-corrected chi connectivity index (χ1v) is 8.02. The molecule has 0 saturated heterocycles. The lowest BCUT2D eigenvalue weighted by molar-refractivity contribution is -0.128. The van der Waals surface area contributed by atoms with Crippen LogP contribution in [-0.2, 0) is 16.0 Å². The fourth-order valence-electron chi connectivity index (χ4n) is 2.65. The molecule has 124 valence electrons. The minimum Gasteiger partial charge on any atom is -0.478 e. The lowest BCUT2D eigenvalue weighted by atomic mass is 10.1. The molecule has 0 saturated carbocycles. The molecule has 1 aliphatic rings. The number of fused-ring (bicyclic) bond motifs is 1. The van der Waals surface area contributed by atoms with Crippen LogP contribution >= 0.6 is 0 Å². The summed E-state index contributed by atoms with van der Waals surface area (Å²) >= 11 is 0. The van der Waals surface area contributed by atoms with Crippen LogP contribution < -0.4 is 15.4 Å². The molecule has 1 aliphatic heterocycles. The van der Waals surface area contributed by atoms with Crippen LogP contribution in [0.2, 0.25) is 0 Å². The van der Waals surface area contributed by atoms with Gasteiger partial charge in [0.2, 0.25) is 5.91 Å². The van der Waals surface area contributed by atoms with Crippen molar-refractivity contribution in [3.8, 4) is 5.75 Å². The van der Waals surface area contributed by atoms with Gasteiger partial charge >= 0.3 is 0 Å². The Kier molecular flexibility index (Phi) is 4.51. The Morgan fingerprint density at radius 2 is 2.08 bits per heavy atom. The van der Waals surface area contributed by atoms with E-state index in [1.807, 2.05) is 43.3 Å². The van der Waals surface area contributed by atoms with Gasteiger partial charge in [-0.3, -0.25) is 9.59 Å². The van der Waals surface area contributed by atoms with Gasteiger partial charge in [0.15, 0.2) is 6.10 Å². The van der Waals surface area contributed by atoms with E-state index in [0.29, 0.717) is 11.4 Å². The van der Waals surface area contributed by atoms with Crippen LogP contribution in [0, 0.1) is 6.92 Å². The van der Waals surface area contributed by atoms with Crippen LogP contribution in [0.4, 0.5) is 11.4 Å². The molecule has 2 aromatic rings. The first-order valence-electron chi connectivity index (χ1n) is 8.02. The minimum absolute atomic E-state index is 0.0322. The van der Waals surface area contributed by atoms with Gasteiger partial charge in [0.05, 0.1) is 12.1 Å². The van der Waals surface area contributed by atoms with E-state index in [-0.39, 0.29) is 18.2 Å². The highest BCUT2D eigenvalue weighted by Crippen LogP contribution is 2.31. The second kappa shape index (κ2) is 6.74. The molecule has 2 amide bonds. The van der Waals surface area contributed by atoms with E-state index in [4.69, 9.17) is 4.74 Å². The van der Waals surface area contributed by atoms with E-state index < -0.39 is 6.10 Å². The van der Waals surface area contributed by atoms with Crippen LogP contribution in [0.1, 0.15) is 24.5 Å². The number of anilines is 2. The SMILES string of the molecule is CCc1cccc(NC(=O)C[C@H]2Oc3ccc(C)cc3NC2=O)c1. The van der Waals surface area contributed by atoms with E-state index in [1.54, 1.807) is 6.07 Å². The van der Waals surface area contributed by atoms with E-state index in [1.165, 1.54) is 0 Å². The molecule has 2 N–H and O–H groups in total. The number of ether oxygens (including phenoxy) is 1. The van der Waals surface area contributed by atoms with E-state index in [0.717, 1.165) is 23.2 Å². The van der Waals surface area contributed by atoms with Crippen molar-refractivity contribution in [3.05, 3.63) is 53.6 Å². The predicted molar refractivity (Wildman–Crippen MR) is 93.3 cm³/mol. The Bertz CT molecular complexity index is 786. The van der Waals surface area contributed by atoms with Crippen molar-refractivity contribution in [3.63, 3.8) is 0 Å². The van der Waals surface area contributed by atoms with Crippen LogP contribution in [-0.4, -0.2) is 17.9 Å². The Morgan fingerprint density at radius 1 is 1.25 bits per heavy atom. The number of aryl methyl sites for hydroxylation is 2. The molecule has 0 radical (unpaired) electrons. The van der Waals surface area contributed by atoms with Crippen LogP contribution in [0.15, 0.2) is 42.5 Å². The molecule has 0 aliphatic carbocycles. The van der Waals surface area contributed by atoms with Crippen LogP contribution in [0.3, 0.4) is 0 Å². The normalized spacial score (nSPS) is 15.9. The number of amides is 2.